The largest absolute Gasteiger partial charge is 0.356 e. The van der Waals surface area contributed by atoms with Crippen molar-refractivity contribution in [2.75, 3.05) is 6.54 Å². The monoisotopic (exact) mass is 179 g/mol. The highest BCUT2D eigenvalue weighted by atomic mass is 16.2. The smallest absolute Gasteiger partial charge is 0.226 e. The van der Waals surface area contributed by atoms with Gasteiger partial charge in [-0.2, -0.15) is 0 Å². The number of hydrogen-bond acceptors (Lipinski definition) is 1. The number of amides is 1. The predicted octanol–water partition coefficient (Wildman–Crippen LogP) is 1.85. The summed E-state index contributed by atoms with van der Waals surface area (Å²) < 4.78 is 0. The van der Waals surface area contributed by atoms with Gasteiger partial charge in [0, 0.05) is 6.54 Å². The molecule has 0 atom stereocenters. The molecule has 0 aromatic carbocycles. The van der Waals surface area contributed by atoms with Crippen LogP contribution < -0.4 is 5.32 Å². The van der Waals surface area contributed by atoms with E-state index >= 15 is 0 Å². The summed E-state index contributed by atoms with van der Waals surface area (Å²) in [5.74, 6) is 0.350. The molecule has 1 heterocycles. The van der Waals surface area contributed by atoms with E-state index in [4.69, 9.17) is 0 Å². The number of nitrogens with one attached hydrogen (secondary N) is 1. The average molecular weight is 179 g/mol. The van der Waals surface area contributed by atoms with Gasteiger partial charge < -0.3 is 5.32 Å². The van der Waals surface area contributed by atoms with Crippen LogP contribution in [0.1, 0.15) is 44.9 Å². The summed E-state index contributed by atoms with van der Waals surface area (Å²) in [5, 5.41) is 2.99. The molecule has 1 aliphatic heterocycles. The quantitative estimate of drug-likeness (QED) is 0.604. The Morgan fingerprint density at radius 2 is 1.54 bits per heavy atom. The molecule has 2 spiro atoms. The highest BCUT2D eigenvalue weighted by Gasteiger charge is 2.52. The van der Waals surface area contributed by atoms with Crippen LogP contribution in [-0.4, -0.2) is 12.5 Å². The SMILES string of the molecule is O=C1NCCC12CCC1(CC1)CC2. The normalized spacial score (nSPS) is 33.7. The van der Waals surface area contributed by atoms with Gasteiger partial charge in [-0.1, -0.05) is 0 Å². The molecule has 1 N–H and O–H groups in total. The van der Waals surface area contributed by atoms with Crippen LogP contribution in [0.4, 0.5) is 0 Å². The second-order valence-electron chi connectivity index (χ2n) is 5.29. The predicted molar refractivity (Wildman–Crippen MR) is 50.2 cm³/mol. The van der Waals surface area contributed by atoms with E-state index in [0.29, 0.717) is 11.3 Å². The average Bonchev–Trinajstić information content (AvgIpc) is 2.82. The van der Waals surface area contributed by atoms with Crippen LogP contribution in [0.3, 0.4) is 0 Å². The number of rotatable bonds is 0. The molecule has 0 radical (unpaired) electrons. The molecule has 2 heteroatoms. The zero-order valence-electron chi connectivity index (χ0n) is 8.07. The topological polar surface area (TPSA) is 29.1 Å². The van der Waals surface area contributed by atoms with E-state index in [-0.39, 0.29) is 5.41 Å². The van der Waals surface area contributed by atoms with Crippen molar-refractivity contribution < 1.29 is 4.79 Å². The standard InChI is InChI=1S/C11H17NO/c13-9-11(7-8-12-9)5-3-10(1-2-10)4-6-11/h1-8H2,(H,12,13). The minimum atomic E-state index is 0.0772. The zero-order chi connectivity index (χ0) is 8.94. The molecule has 0 aromatic rings. The van der Waals surface area contributed by atoms with Crippen molar-refractivity contribution in [1.29, 1.82) is 0 Å². The molecule has 3 aliphatic rings. The third kappa shape index (κ3) is 1.04. The third-order valence-corrected chi connectivity index (χ3v) is 4.60. The fourth-order valence-electron chi connectivity index (χ4n) is 3.13. The van der Waals surface area contributed by atoms with Crippen molar-refractivity contribution >= 4 is 5.91 Å². The van der Waals surface area contributed by atoms with Gasteiger partial charge in [-0.25, -0.2) is 0 Å². The van der Waals surface area contributed by atoms with Gasteiger partial charge in [0.1, 0.15) is 0 Å². The Labute approximate surface area is 79.1 Å². The molecule has 2 saturated carbocycles. The summed E-state index contributed by atoms with van der Waals surface area (Å²) in [5.41, 5.74) is 0.794. The molecule has 13 heavy (non-hydrogen) atoms. The van der Waals surface area contributed by atoms with Gasteiger partial charge in [0.2, 0.25) is 5.91 Å². The molecule has 2 aliphatic carbocycles. The maximum absolute atomic E-state index is 11.7. The Morgan fingerprint density at radius 3 is 2.00 bits per heavy atom. The van der Waals surface area contributed by atoms with E-state index in [1.165, 1.54) is 38.5 Å². The van der Waals surface area contributed by atoms with Gasteiger partial charge in [0.25, 0.3) is 0 Å². The Kier molecular flexibility index (Phi) is 1.38. The molecule has 1 amide bonds. The Bertz CT molecular complexity index is 245. The molecule has 0 bridgehead atoms. The lowest BCUT2D eigenvalue weighted by Gasteiger charge is -2.35. The fourth-order valence-corrected chi connectivity index (χ4v) is 3.13. The van der Waals surface area contributed by atoms with Gasteiger partial charge in [-0.05, 0) is 50.4 Å². The number of hydrogen-bond donors (Lipinski definition) is 1. The molecular weight excluding hydrogens is 162 g/mol. The van der Waals surface area contributed by atoms with Gasteiger partial charge >= 0.3 is 0 Å². The van der Waals surface area contributed by atoms with Gasteiger partial charge in [0.15, 0.2) is 0 Å². The first-order valence-corrected chi connectivity index (χ1v) is 5.53. The summed E-state index contributed by atoms with van der Waals surface area (Å²) >= 11 is 0. The molecule has 0 aromatic heterocycles. The maximum Gasteiger partial charge on any atom is 0.226 e. The zero-order valence-corrected chi connectivity index (χ0v) is 8.07. The molecule has 0 unspecified atom stereocenters. The van der Waals surface area contributed by atoms with Crippen LogP contribution in [-0.2, 0) is 4.79 Å². The van der Waals surface area contributed by atoms with Crippen LogP contribution in [0.5, 0.6) is 0 Å². The van der Waals surface area contributed by atoms with Crippen LogP contribution >= 0.6 is 0 Å². The third-order valence-electron chi connectivity index (χ3n) is 4.60. The first-order valence-electron chi connectivity index (χ1n) is 5.53. The highest BCUT2D eigenvalue weighted by molar-refractivity contribution is 5.84. The molecule has 3 rings (SSSR count). The summed E-state index contributed by atoms with van der Waals surface area (Å²) in [6, 6.07) is 0. The lowest BCUT2D eigenvalue weighted by atomic mass is 9.68. The Morgan fingerprint density at radius 1 is 0.923 bits per heavy atom. The second kappa shape index (κ2) is 2.28. The first kappa shape index (κ1) is 7.84. The van der Waals surface area contributed by atoms with Crippen molar-refractivity contribution in [1.82, 2.24) is 5.32 Å². The van der Waals surface area contributed by atoms with Gasteiger partial charge in [0.05, 0.1) is 5.41 Å². The molecule has 2 nitrogen and oxygen atoms in total. The van der Waals surface area contributed by atoms with Gasteiger partial charge in [-0.15, -0.1) is 0 Å². The van der Waals surface area contributed by atoms with Gasteiger partial charge in [-0.3, -0.25) is 4.79 Å². The molecule has 3 fully saturated rings. The molecule has 72 valence electrons. The summed E-state index contributed by atoms with van der Waals surface area (Å²) in [7, 11) is 0. The maximum atomic E-state index is 11.7. The Hall–Kier alpha value is -0.530. The van der Waals surface area contributed by atoms with E-state index < -0.39 is 0 Å². The summed E-state index contributed by atoms with van der Waals surface area (Å²) in [6.07, 6.45) is 8.94. The van der Waals surface area contributed by atoms with Crippen LogP contribution in [0.15, 0.2) is 0 Å². The number of carbonyl (C=O) groups excluding carboxylic acids is 1. The lowest BCUT2D eigenvalue weighted by molar-refractivity contribution is -0.129. The van der Waals surface area contributed by atoms with Crippen molar-refractivity contribution in [3.63, 3.8) is 0 Å². The molecular formula is C11H17NO. The lowest BCUT2D eigenvalue weighted by Crippen LogP contribution is -2.35. The summed E-state index contributed by atoms with van der Waals surface area (Å²) in [6.45, 7) is 0.922. The minimum Gasteiger partial charge on any atom is -0.356 e. The van der Waals surface area contributed by atoms with E-state index in [1.807, 2.05) is 0 Å². The highest BCUT2D eigenvalue weighted by Crippen LogP contribution is 2.60. The molecule has 1 saturated heterocycles. The van der Waals surface area contributed by atoms with E-state index in [9.17, 15) is 4.79 Å². The fraction of sp³-hybridized carbons (Fsp3) is 0.909. The van der Waals surface area contributed by atoms with Crippen molar-refractivity contribution in [2.45, 2.75) is 44.9 Å². The van der Waals surface area contributed by atoms with Crippen molar-refractivity contribution in [3.05, 3.63) is 0 Å². The van der Waals surface area contributed by atoms with E-state index in [1.54, 1.807) is 0 Å². The van der Waals surface area contributed by atoms with Crippen LogP contribution in [0, 0.1) is 10.8 Å². The van der Waals surface area contributed by atoms with Crippen molar-refractivity contribution in [2.24, 2.45) is 10.8 Å². The van der Waals surface area contributed by atoms with E-state index in [2.05, 4.69) is 5.32 Å². The van der Waals surface area contributed by atoms with E-state index in [0.717, 1.165) is 13.0 Å². The van der Waals surface area contributed by atoms with Crippen LogP contribution in [0.2, 0.25) is 0 Å². The Balaban J connectivity index is 1.76. The van der Waals surface area contributed by atoms with Crippen molar-refractivity contribution in [3.8, 4) is 0 Å². The second-order valence-corrected chi connectivity index (χ2v) is 5.29. The summed E-state index contributed by atoms with van der Waals surface area (Å²) in [4.78, 5) is 11.7. The van der Waals surface area contributed by atoms with Crippen LogP contribution in [0.25, 0.3) is 0 Å². The number of carbonyl (C=O) groups is 1. The first-order chi connectivity index (χ1) is 6.25. The minimum absolute atomic E-state index is 0.0772.